The summed E-state index contributed by atoms with van der Waals surface area (Å²) in [6, 6.07) is 8.24. The molecule has 0 saturated heterocycles. The van der Waals surface area contributed by atoms with Crippen LogP contribution in [-0.2, 0) is 16.0 Å². The minimum atomic E-state index is -0.259. The maximum Gasteiger partial charge on any atom is 0.223 e. The molecule has 0 aromatic heterocycles. The molecule has 2 atom stereocenters. The molecule has 1 aliphatic carbocycles. The summed E-state index contributed by atoms with van der Waals surface area (Å²) in [6.07, 6.45) is 3.50. The second kappa shape index (κ2) is 6.99. The summed E-state index contributed by atoms with van der Waals surface area (Å²) in [7, 11) is 0. The third kappa shape index (κ3) is 3.62. The highest BCUT2D eigenvalue weighted by Crippen LogP contribution is 2.39. The van der Waals surface area contributed by atoms with Crippen molar-refractivity contribution in [2.75, 3.05) is 13.2 Å². The van der Waals surface area contributed by atoms with Crippen LogP contribution in [0.25, 0.3) is 0 Å². The SMILES string of the molecule is CC(CN)(NC(=O)CC1OCCc2ccccc21)C1CC1.Cl. The molecule has 5 heteroatoms. The largest absolute Gasteiger partial charge is 0.373 e. The van der Waals surface area contributed by atoms with E-state index in [1.54, 1.807) is 0 Å². The molecule has 122 valence electrons. The second-order valence-corrected chi connectivity index (χ2v) is 6.46. The van der Waals surface area contributed by atoms with Gasteiger partial charge in [-0.15, -0.1) is 12.4 Å². The molecular formula is C17H25ClN2O2. The Labute approximate surface area is 138 Å². The van der Waals surface area contributed by atoms with Crippen LogP contribution in [0.2, 0.25) is 0 Å². The molecule has 3 N–H and O–H groups in total. The van der Waals surface area contributed by atoms with Gasteiger partial charge < -0.3 is 15.8 Å². The first kappa shape index (κ1) is 17.3. The predicted molar refractivity (Wildman–Crippen MR) is 89.0 cm³/mol. The highest BCUT2D eigenvalue weighted by molar-refractivity contribution is 5.85. The number of nitrogens with two attached hydrogens (primary N) is 1. The average molecular weight is 325 g/mol. The van der Waals surface area contributed by atoms with Gasteiger partial charge in [0.15, 0.2) is 0 Å². The molecule has 1 saturated carbocycles. The quantitative estimate of drug-likeness (QED) is 0.874. The second-order valence-electron chi connectivity index (χ2n) is 6.46. The van der Waals surface area contributed by atoms with E-state index in [4.69, 9.17) is 10.5 Å². The van der Waals surface area contributed by atoms with Crippen molar-refractivity contribution < 1.29 is 9.53 Å². The third-order valence-electron chi connectivity index (χ3n) is 4.79. The van der Waals surface area contributed by atoms with Crippen LogP contribution in [0.4, 0.5) is 0 Å². The van der Waals surface area contributed by atoms with Crippen LogP contribution in [0.1, 0.15) is 43.4 Å². The molecule has 22 heavy (non-hydrogen) atoms. The first-order valence-electron chi connectivity index (χ1n) is 7.83. The molecule has 0 bridgehead atoms. The van der Waals surface area contributed by atoms with Crippen molar-refractivity contribution in [1.29, 1.82) is 0 Å². The number of nitrogens with one attached hydrogen (secondary N) is 1. The number of hydrogen-bond acceptors (Lipinski definition) is 3. The van der Waals surface area contributed by atoms with E-state index in [9.17, 15) is 4.79 Å². The molecule has 1 aliphatic heterocycles. The number of halogens is 1. The van der Waals surface area contributed by atoms with Crippen molar-refractivity contribution in [3.05, 3.63) is 35.4 Å². The molecular weight excluding hydrogens is 300 g/mol. The zero-order chi connectivity index (χ0) is 14.9. The molecule has 4 nitrogen and oxygen atoms in total. The van der Waals surface area contributed by atoms with Gasteiger partial charge in [-0.3, -0.25) is 4.79 Å². The normalized spacial score (nSPS) is 22.9. The number of fused-ring (bicyclic) bond motifs is 1. The number of rotatable bonds is 5. The minimum Gasteiger partial charge on any atom is -0.373 e. The molecule has 0 radical (unpaired) electrons. The van der Waals surface area contributed by atoms with Crippen LogP contribution in [-0.4, -0.2) is 24.6 Å². The summed E-state index contributed by atoms with van der Waals surface area (Å²) in [5, 5.41) is 3.14. The van der Waals surface area contributed by atoms with Crippen LogP contribution in [0.5, 0.6) is 0 Å². The maximum absolute atomic E-state index is 12.4. The van der Waals surface area contributed by atoms with Gasteiger partial charge in [-0.25, -0.2) is 0 Å². The van der Waals surface area contributed by atoms with E-state index >= 15 is 0 Å². The van der Waals surface area contributed by atoms with Crippen LogP contribution in [0.3, 0.4) is 0 Å². The van der Waals surface area contributed by atoms with E-state index in [1.165, 1.54) is 5.56 Å². The Kier molecular flexibility index (Phi) is 5.48. The third-order valence-corrected chi connectivity index (χ3v) is 4.79. The molecule has 2 aliphatic rings. The van der Waals surface area contributed by atoms with Crippen molar-refractivity contribution in [3.8, 4) is 0 Å². The Hall–Kier alpha value is -1.10. The highest BCUT2D eigenvalue weighted by Gasteiger charge is 2.41. The Morgan fingerprint density at radius 1 is 1.41 bits per heavy atom. The molecule has 1 aromatic carbocycles. The van der Waals surface area contributed by atoms with Crippen LogP contribution in [0.15, 0.2) is 24.3 Å². The first-order chi connectivity index (χ1) is 10.1. The summed E-state index contributed by atoms with van der Waals surface area (Å²) in [5.74, 6) is 0.572. The lowest BCUT2D eigenvalue weighted by Crippen LogP contribution is -2.53. The maximum atomic E-state index is 12.4. The molecule has 0 spiro atoms. The Balaban J connectivity index is 0.00000176. The van der Waals surface area contributed by atoms with Crippen LogP contribution in [0, 0.1) is 5.92 Å². The fraction of sp³-hybridized carbons (Fsp3) is 0.588. The topological polar surface area (TPSA) is 64.3 Å². The summed E-state index contributed by atoms with van der Waals surface area (Å²) < 4.78 is 5.81. The lowest BCUT2D eigenvalue weighted by atomic mass is 9.93. The van der Waals surface area contributed by atoms with Gasteiger partial charge in [0.05, 0.1) is 24.7 Å². The molecule has 1 amide bonds. The van der Waals surface area contributed by atoms with Gasteiger partial charge in [-0.2, -0.15) is 0 Å². The zero-order valence-electron chi connectivity index (χ0n) is 13.0. The standard InChI is InChI=1S/C17H24N2O2.ClH/c1-17(11-18,13-6-7-13)19-16(20)10-15-14-5-3-2-4-12(14)8-9-21-15;/h2-5,13,15H,6-11,18H2,1H3,(H,19,20);1H. The van der Waals surface area contributed by atoms with E-state index in [0.717, 1.165) is 24.8 Å². The average Bonchev–Trinajstić information content (AvgIpc) is 3.32. The lowest BCUT2D eigenvalue weighted by Gasteiger charge is -2.31. The Bertz CT molecular complexity index is 533. The molecule has 3 rings (SSSR count). The van der Waals surface area contributed by atoms with Gasteiger partial charge in [0.1, 0.15) is 0 Å². The fourth-order valence-electron chi connectivity index (χ4n) is 3.22. The van der Waals surface area contributed by atoms with E-state index in [2.05, 4.69) is 24.4 Å². The van der Waals surface area contributed by atoms with Gasteiger partial charge >= 0.3 is 0 Å². The van der Waals surface area contributed by atoms with Gasteiger partial charge in [-0.05, 0) is 43.2 Å². The number of carbonyl (C=O) groups excluding carboxylic acids is 1. The highest BCUT2D eigenvalue weighted by atomic mass is 35.5. The van der Waals surface area contributed by atoms with Gasteiger partial charge in [0, 0.05) is 6.54 Å². The fourth-order valence-corrected chi connectivity index (χ4v) is 3.22. The number of ether oxygens (including phenoxy) is 1. The summed E-state index contributed by atoms with van der Waals surface area (Å²) in [5.41, 5.74) is 8.05. The van der Waals surface area contributed by atoms with E-state index < -0.39 is 0 Å². The van der Waals surface area contributed by atoms with Crippen molar-refractivity contribution >= 4 is 18.3 Å². The molecule has 1 heterocycles. The lowest BCUT2D eigenvalue weighted by molar-refractivity contribution is -0.126. The Morgan fingerprint density at radius 2 is 2.14 bits per heavy atom. The number of hydrogen-bond donors (Lipinski definition) is 2. The summed E-state index contributed by atoms with van der Waals surface area (Å²) in [4.78, 5) is 12.4. The smallest absolute Gasteiger partial charge is 0.223 e. The van der Waals surface area contributed by atoms with Gasteiger partial charge in [0.25, 0.3) is 0 Å². The zero-order valence-corrected chi connectivity index (χ0v) is 13.8. The predicted octanol–water partition coefficient (Wildman–Crippen LogP) is 2.36. The molecule has 1 aromatic rings. The number of amides is 1. The molecule has 1 fully saturated rings. The van der Waals surface area contributed by atoms with E-state index in [0.29, 0.717) is 25.5 Å². The Morgan fingerprint density at radius 3 is 2.82 bits per heavy atom. The van der Waals surface area contributed by atoms with Crippen molar-refractivity contribution in [3.63, 3.8) is 0 Å². The van der Waals surface area contributed by atoms with Crippen molar-refractivity contribution in [2.45, 2.75) is 44.2 Å². The first-order valence-corrected chi connectivity index (χ1v) is 7.83. The van der Waals surface area contributed by atoms with Crippen LogP contribution >= 0.6 is 12.4 Å². The van der Waals surface area contributed by atoms with Crippen molar-refractivity contribution in [1.82, 2.24) is 5.32 Å². The van der Waals surface area contributed by atoms with Crippen molar-refractivity contribution in [2.24, 2.45) is 11.7 Å². The summed E-state index contributed by atoms with van der Waals surface area (Å²) >= 11 is 0. The van der Waals surface area contributed by atoms with E-state index in [-0.39, 0.29) is 30.0 Å². The van der Waals surface area contributed by atoms with Gasteiger partial charge in [0.2, 0.25) is 5.91 Å². The number of carbonyl (C=O) groups is 1. The number of benzene rings is 1. The monoisotopic (exact) mass is 324 g/mol. The molecule has 2 unspecified atom stereocenters. The van der Waals surface area contributed by atoms with Gasteiger partial charge in [-0.1, -0.05) is 24.3 Å². The van der Waals surface area contributed by atoms with E-state index in [1.807, 2.05) is 12.1 Å². The summed E-state index contributed by atoms with van der Waals surface area (Å²) in [6.45, 7) is 3.23. The van der Waals surface area contributed by atoms with Crippen LogP contribution < -0.4 is 11.1 Å². The minimum absolute atomic E-state index is 0.